The van der Waals surface area contributed by atoms with E-state index in [0.717, 1.165) is 5.69 Å². The molecule has 8 heteroatoms. The van der Waals surface area contributed by atoms with E-state index in [0.29, 0.717) is 36.5 Å². The highest BCUT2D eigenvalue weighted by Crippen LogP contribution is 2.17. The van der Waals surface area contributed by atoms with Crippen LogP contribution >= 0.6 is 11.6 Å². The summed E-state index contributed by atoms with van der Waals surface area (Å²) >= 11 is 6.00. The Kier molecular flexibility index (Phi) is 5.93. The van der Waals surface area contributed by atoms with Crippen molar-refractivity contribution in [1.29, 1.82) is 0 Å². The molecule has 0 spiro atoms. The van der Waals surface area contributed by atoms with Crippen LogP contribution in [-0.4, -0.2) is 51.4 Å². The Hall–Kier alpha value is -2.54. The second-order valence-electron chi connectivity index (χ2n) is 7.87. The Morgan fingerprint density at radius 3 is 2.61 bits per heavy atom. The highest BCUT2D eigenvalue weighted by molar-refractivity contribution is 6.30. The lowest BCUT2D eigenvalue weighted by Crippen LogP contribution is -2.47. The predicted molar refractivity (Wildman–Crippen MR) is 107 cm³/mol. The zero-order valence-corrected chi connectivity index (χ0v) is 17.1. The minimum Gasteiger partial charge on any atom is -0.444 e. The minimum atomic E-state index is -0.509. The molecule has 1 N–H and O–H groups in total. The SMILES string of the molecule is CC(C)(C)OC(=O)N1CCC(NC(=O)c2cnn(-c3cccc(Cl)c3)c2)CC1. The molecular weight excluding hydrogens is 380 g/mol. The van der Waals surface area contributed by atoms with E-state index >= 15 is 0 Å². The van der Waals surface area contributed by atoms with Gasteiger partial charge in [-0.15, -0.1) is 0 Å². The first-order valence-corrected chi connectivity index (χ1v) is 9.68. The van der Waals surface area contributed by atoms with Gasteiger partial charge in [0, 0.05) is 30.4 Å². The Labute approximate surface area is 169 Å². The number of hydrogen-bond acceptors (Lipinski definition) is 4. The molecule has 0 atom stereocenters. The molecule has 2 heterocycles. The molecule has 0 saturated carbocycles. The molecule has 0 aliphatic carbocycles. The average molecular weight is 405 g/mol. The van der Waals surface area contributed by atoms with Crippen molar-refractivity contribution in [2.45, 2.75) is 45.3 Å². The van der Waals surface area contributed by atoms with Crippen LogP contribution in [0.25, 0.3) is 5.69 Å². The van der Waals surface area contributed by atoms with Crippen molar-refractivity contribution >= 4 is 23.6 Å². The third-order valence-corrected chi connectivity index (χ3v) is 4.63. The van der Waals surface area contributed by atoms with E-state index in [1.54, 1.807) is 27.9 Å². The molecule has 1 aromatic carbocycles. The number of nitrogens with one attached hydrogen (secondary N) is 1. The van der Waals surface area contributed by atoms with E-state index in [4.69, 9.17) is 16.3 Å². The van der Waals surface area contributed by atoms with Crippen molar-refractivity contribution in [3.05, 3.63) is 47.2 Å². The van der Waals surface area contributed by atoms with Gasteiger partial charge in [-0.2, -0.15) is 5.10 Å². The third kappa shape index (κ3) is 5.25. The quantitative estimate of drug-likeness (QED) is 0.847. The second kappa shape index (κ2) is 8.22. The van der Waals surface area contributed by atoms with E-state index in [9.17, 15) is 9.59 Å². The maximum absolute atomic E-state index is 12.5. The standard InChI is InChI=1S/C20H25ClN4O3/c1-20(2,3)28-19(27)24-9-7-16(8-10-24)23-18(26)14-12-22-25(13-14)17-6-4-5-15(21)11-17/h4-6,11-13,16H,7-10H2,1-3H3,(H,23,26). The van der Waals surface area contributed by atoms with Gasteiger partial charge >= 0.3 is 6.09 Å². The third-order valence-electron chi connectivity index (χ3n) is 4.40. The van der Waals surface area contributed by atoms with Crippen LogP contribution in [0.5, 0.6) is 0 Å². The van der Waals surface area contributed by atoms with Crippen molar-refractivity contribution < 1.29 is 14.3 Å². The topological polar surface area (TPSA) is 76.5 Å². The Bertz CT molecular complexity index is 851. The first-order chi connectivity index (χ1) is 13.2. The van der Waals surface area contributed by atoms with Crippen LogP contribution in [0, 0.1) is 0 Å². The van der Waals surface area contributed by atoms with Crippen molar-refractivity contribution in [3.63, 3.8) is 0 Å². The molecule has 1 aliphatic heterocycles. The van der Waals surface area contributed by atoms with Gasteiger partial charge in [0.1, 0.15) is 5.60 Å². The van der Waals surface area contributed by atoms with E-state index in [2.05, 4.69) is 10.4 Å². The molecule has 2 aromatic rings. The molecular formula is C20H25ClN4O3. The number of rotatable bonds is 3. The number of aromatic nitrogens is 2. The van der Waals surface area contributed by atoms with Crippen molar-refractivity contribution in [2.75, 3.05) is 13.1 Å². The highest BCUT2D eigenvalue weighted by Gasteiger charge is 2.27. The van der Waals surface area contributed by atoms with Crippen LogP contribution in [0.3, 0.4) is 0 Å². The molecule has 0 bridgehead atoms. The van der Waals surface area contributed by atoms with Gasteiger partial charge in [0.2, 0.25) is 0 Å². The van der Waals surface area contributed by atoms with Crippen molar-refractivity contribution in [2.24, 2.45) is 0 Å². The summed E-state index contributed by atoms with van der Waals surface area (Å²) < 4.78 is 7.01. The van der Waals surface area contributed by atoms with Gasteiger partial charge in [0.25, 0.3) is 5.91 Å². The number of halogens is 1. The molecule has 1 saturated heterocycles. The van der Waals surface area contributed by atoms with E-state index < -0.39 is 5.60 Å². The van der Waals surface area contributed by atoms with E-state index in [-0.39, 0.29) is 18.0 Å². The minimum absolute atomic E-state index is 0.0145. The number of carbonyl (C=O) groups excluding carboxylic acids is 2. The van der Waals surface area contributed by atoms with Crippen molar-refractivity contribution in [3.8, 4) is 5.69 Å². The molecule has 0 unspecified atom stereocenters. The molecule has 2 amide bonds. The predicted octanol–water partition coefficient (Wildman–Crippen LogP) is 3.66. The number of benzene rings is 1. The van der Waals surface area contributed by atoms with Gasteiger partial charge in [0.15, 0.2) is 0 Å². The number of amides is 2. The summed E-state index contributed by atoms with van der Waals surface area (Å²) in [6.07, 6.45) is 4.28. The molecule has 0 radical (unpaired) electrons. The Morgan fingerprint density at radius 1 is 1.25 bits per heavy atom. The van der Waals surface area contributed by atoms with Crippen LogP contribution in [0.2, 0.25) is 5.02 Å². The van der Waals surface area contributed by atoms with E-state index in [1.807, 2.05) is 32.9 Å². The van der Waals surface area contributed by atoms with Gasteiger partial charge in [-0.3, -0.25) is 4.79 Å². The summed E-state index contributed by atoms with van der Waals surface area (Å²) in [7, 11) is 0. The lowest BCUT2D eigenvalue weighted by molar-refractivity contribution is 0.0199. The monoisotopic (exact) mass is 404 g/mol. The fourth-order valence-electron chi connectivity index (χ4n) is 3.00. The number of likely N-dealkylation sites (tertiary alicyclic amines) is 1. The van der Waals surface area contributed by atoms with Gasteiger partial charge < -0.3 is 15.0 Å². The molecule has 1 aromatic heterocycles. The average Bonchev–Trinajstić information content (AvgIpc) is 3.11. The Balaban J connectivity index is 1.53. The largest absolute Gasteiger partial charge is 0.444 e. The van der Waals surface area contributed by atoms with Crippen LogP contribution < -0.4 is 5.32 Å². The number of ether oxygens (including phenoxy) is 1. The van der Waals surface area contributed by atoms with E-state index in [1.165, 1.54) is 6.20 Å². The fraction of sp³-hybridized carbons (Fsp3) is 0.450. The maximum atomic E-state index is 12.5. The summed E-state index contributed by atoms with van der Waals surface area (Å²) in [5.74, 6) is -0.177. The molecule has 1 aliphatic rings. The first-order valence-electron chi connectivity index (χ1n) is 9.31. The lowest BCUT2D eigenvalue weighted by atomic mass is 10.1. The lowest BCUT2D eigenvalue weighted by Gasteiger charge is -2.33. The highest BCUT2D eigenvalue weighted by atomic mass is 35.5. The van der Waals surface area contributed by atoms with Gasteiger partial charge in [-0.05, 0) is 51.8 Å². The summed E-state index contributed by atoms with van der Waals surface area (Å²) in [4.78, 5) is 26.3. The summed E-state index contributed by atoms with van der Waals surface area (Å²) in [5.41, 5.74) is 0.762. The number of nitrogens with zero attached hydrogens (tertiary/aromatic N) is 3. The molecule has 1 fully saturated rings. The zero-order valence-electron chi connectivity index (χ0n) is 16.3. The first kappa shape index (κ1) is 20.2. The van der Waals surface area contributed by atoms with Crippen LogP contribution in [-0.2, 0) is 4.74 Å². The van der Waals surface area contributed by atoms with Gasteiger partial charge in [-0.1, -0.05) is 17.7 Å². The number of piperidine rings is 1. The molecule has 7 nitrogen and oxygen atoms in total. The number of hydrogen-bond donors (Lipinski definition) is 1. The summed E-state index contributed by atoms with van der Waals surface area (Å²) in [6.45, 7) is 6.66. The normalized spacial score (nSPS) is 15.4. The number of carbonyl (C=O) groups is 2. The molecule has 3 rings (SSSR count). The summed E-state index contributed by atoms with van der Waals surface area (Å²) in [5, 5.41) is 7.87. The zero-order chi connectivity index (χ0) is 20.3. The molecule has 150 valence electrons. The van der Waals surface area contributed by atoms with Crippen LogP contribution in [0.1, 0.15) is 44.0 Å². The summed E-state index contributed by atoms with van der Waals surface area (Å²) in [6, 6.07) is 7.28. The smallest absolute Gasteiger partial charge is 0.410 e. The van der Waals surface area contributed by atoms with Crippen molar-refractivity contribution in [1.82, 2.24) is 20.0 Å². The maximum Gasteiger partial charge on any atom is 0.410 e. The second-order valence-corrected chi connectivity index (χ2v) is 8.31. The van der Waals surface area contributed by atoms with Crippen LogP contribution in [0.15, 0.2) is 36.7 Å². The fourth-order valence-corrected chi connectivity index (χ4v) is 3.19. The molecule has 28 heavy (non-hydrogen) atoms. The van der Waals surface area contributed by atoms with Gasteiger partial charge in [0.05, 0.1) is 17.4 Å². The van der Waals surface area contributed by atoms with Crippen LogP contribution in [0.4, 0.5) is 4.79 Å². The van der Waals surface area contributed by atoms with Gasteiger partial charge in [-0.25, -0.2) is 9.48 Å². The Morgan fingerprint density at radius 2 is 1.96 bits per heavy atom.